The average molecular weight is 332 g/mol. The van der Waals surface area contributed by atoms with Crippen molar-refractivity contribution in [1.29, 1.82) is 0 Å². The lowest BCUT2D eigenvalue weighted by molar-refractivity contribution is -0.136. The predicted molar refractivity (Wildman–Crippen MR) is 94.0 cm³/mol. The van der Waals surface area contributed by atoms with Gasteiger partial charge < -0.3 is 4.90 Å². The highest BCUT2D eigenvalue weighted by Gasteiger charge is 2.47. The Morgan fingerprint density at radius 1 is 1.25 bits per heavy atom. The molecule has 2 aliphatic rings. The first-order valence-corrected chi connectivity index (χ1v) is 9.17. The molecule has 1 aliphatic heterocycles. The average Bonchev–Trinajstić information content (AvgIpc) is 3.32. The first-order chi connectivity index (χ1) is 11.4. The Kier molecular flexibility index (Phi) is 4.95. The maximum atomic E-state index is 13.1. The van der Waals surface area contributed by atoms with Crippen LogP contribution in [0.2, 0.25) is 0 Å². The van der Waals surface area contributed by atoms with E-state index in [1.54, 1.807) is 0 Å². The van der Waals surface area contributed by atoms with E-state index in [1.165, 1.54) is 12.1 Å². The summed E-state index contributed by atoms with van der Waals surface area (Å²) in [5.74, 6) is 0.632. The van der Waals surface area contributed by atoms with E-state index in [0.717, 1.165) is 51.0 Å². The maximum absolute atomic E-state index is 13.1. The topological polar surface area (TPSA) is 23.6 Å². The van der Waals surface area contributed by atoms with Gasteiger partial charge >= 0.3 is 0 Å². The molecule has 1 atom stereocenters. The number of carbonyl (C=O) groups excluding carboxylic acids is 1. The molecule has 1 aromatic rings. The van der Waals surface area contributed by atoms with Gasteiger partial charge in [0, 0.05) is 37.6 Å². The summed E-state index contributed by atoms with van der Waals surface area (Å²) < 4.78 is 13.1. The Morgan fingerprint density at radius 2 is 1.92 bits per heavy atom. The van der Waals surface area contributed by atoms with Gasteiger partial charge in [-0.05, 0) is 42.9 Å². The molecule has 1 saturated heterocycles. The monoisotopic (exact) mass is 332 g/mol. The minimum atomic E-state index is -0.190. The third-order valence-corrected chi connectivity index (χ3v) is 5.62. The largest absolute Gasteiger partial charge is 0.341 e. The van der Waals surface area contributed by atoms with E-state index in [4.69, 9.17) is 0 Å². The Hall–Kier alpha value is -1.42. The fraction of sp³-hybridized carbons (Fsp3) is 0.650. The lowest BCUT2D eigenvalue weighted by atomic mass is 10.0. The quantitative estimate of drug-likeness (QED) is 0.840. The van der Waals surface area contributed by atoms with E-state index < -0.39 is 0 Å². The molecule has 2 fully saturated rings. The smallest absolute Gasteiger partial charge is 0.228 e. The van der Waals surface area contributed by atoms with Crippen LogP contribution in [0.4, 0.5) is 4.39 Å². The molecule has 3 nitrogen and oxygen atoms in total. The lowest BCUT2D eigenvalue weighted by Gasteiger charge is -2.35. The molecule has 0 radical (unpaired) electrons. The van der Waals surface area contributed by atoms with Crippen molar-refractivity contribution in [3.8, 4) is 0 Å². The zero-order valence-corrected chi connectivity index (χ0v) is 15.1. The second kappa shape index (κ2) is 6.83. The second-order valence-corrected chi connectivity index (χ2v) is 8.07. The van der Waals surface area contributed by atoms with Crippen LogP contribution in [-0.2, 0) is 11.3 Å². The number of hydrogen-bond acceptors (Lipinski definition) is 2. The molecule has 132 valence electrons. The van der Waals surface area contributed by atoms with Crippen LogP contribution in [0.3, 0.4) is 0 Å². The highest BCUT2D eigenvalue weighted by molar-refractivity contribution is 5.85. The van der Waals surface area contributed by atoms with E-state index in [2.05, 4.69) is 30.6 Å². The first kappa shape index (κ1) is 17.4. The Balaban J connectivity index is 1.72. The van der Waals surface area contributed by atoms with Gasteiger partial charge in [0.15, 0.2) is 0 Å². The SMILES string of the molecule is CC(C)C1CN(C(=O)C2(C)CC2)CCCN1Cc1ccc(F)cc1. The molecule has 0 aromatic heterocycles. The molecule has 3 rings (SSSR count). The van der Waals surface area contributed by atoms with Gasteiger partial charge in [0.1, 0.15) is 5.82 Å². The van der Waals surface area contributed by atoms with Crippen LogP contribution in [0.5, 0.6) is 0 Å². The molecule has 24 heavy (non-hydrogen) atoms. The Bertz CT molecular complexity index is 580. The second-order valence-electron chi connectivity index (χ2n) is 8.07. The van der Waals surface area contributed by atoms with Gasteiger partial charge in [-0.25, -0.2) is 4.39 Å². The van der Waals surface area contributed by atoms with Crippen LogP contribution in [0.25, 0.3) is 0 Å². The molecule has 0 bridgehead atoms. The summed E-state index contributed by atoms with van der Waals surface area (Å²) in [6.45, 7) is 10.0. The molecule has 1 aliphatic carbocycles. The van der Waals surface area contributed by atoms with Crippen molar-refractivity contribution in [1.82, 2.24) is 9.80 Å². The normalized spacial score (nSPS) is 24.0. The maximum Gasteiger partial charge on any atom is 0.228 e. The number of rotatable bonds is 4. The van der Waals surface area contributed by atoms with Crippen LogP contribution in [0.1, 0.15) is 45.6 Å². The summed E-state index contributed by atoms with van der Waals surface area (Å²) >= 11 is 0. The van der Waals surface area contributed by atoms with Gasteiger partial charge in [-0.3, -0.25) is 9.69 Å². The molecule has 1 heterocycles. The van der Waals surface area contributed by atoms with E-state index in [9.17, 15) is 9.18 Å². The number of benzene rings is 1. The fourth-order valence-corrected chi connectivity index (χ4v) is 3.68. The van der Waals surface area contributed by atoms with Crippen LogP contribution >= 0.6 is 0 Å². The summed E-state index contributed by atoms with van der Waals surface area (Å²) in [6, 6.07) is 7.14. The molecular weight excluding hydrogens is 303 g/mol. The Labute approximate surface area is 144 Å². The van der Waals surface area contributed by atoms with E-state index >= 15 is 0 Å². The van der Waals surface area contributed by atoms with Gasteiger partial charge in [-0.1, -0.05) is 32.9 Å². The van der Waals surface area contributed by atoms with E-state index in [0.29, 0.717) is 17.9 Å². The molecule has 0 N–H and O–H groups in total. The van der Waals surface area contributed by atoms with Gasteiger partial charge in [-0.15, -0.1) is 0 Å². The van der Waals surface area contributed by atoms with Crippen molar-refractivity contribution < 1.29 is 9.18 Å². The summed E-state index contributed by atoms with van der Waals surface area (Å²) in [7, 11) is 0. The number of nitrogens with zero attached hydrogens (tertiary/aromatic N) is 2. The zero-order valence-electron chi connectivity index (χ0n) is 15.1. The summed E-state index contributed by atoms with van der Waals surface area (Å²) in [5.41, 5.74) is 1.05. The summed E-state index contributed by atoms with van der Waals surface area (Å²) in [6.07, 6.45) is 3.08. The molecule has 1 unspecified atom stereocenters. The van der Waals surface area contributed by atoms with Gasteiger partial charge in [0.2, 0.25) is 5.91 Å². The minimum Gasteiger partial charge on any atom is -0.341 e. The third kappa shape index (κ3) is 3.80. The van der Waals surface area contributed by atoms with Gasteiger partial charge in [-0.2, -0.15) is 0 Å². The molecule has 1 aromatic carbocycles. The van der Waals surface area contributed by atoms with Crippen LogP contribution in [-0.4, -0.2) is 41.4 Å². The number of halogens is 1. The van der Waals surface area contributed by atoms with E-state index in [1.807, 2.05) is 12.1 Å². The number of hydrogen-bond donors (Lipinski definition) is 0. The van der Waals surface area contributed by atoms with Crippen LogP contribution in [0.15, 0.2) is 24.3 Å². The third-order valence-electron chi connectivity index (χ3n) is 5.62. The first-order valence-electron chi connectivity index (χ1n) is 9.17. The molecule has 0 spiro atoms. The molecule has 4 heteroatoms. The predicted octanol–water partition coefficient (Wildman–Crippen LogP) is 3.68. The highest BCUT2D eigenvalue weighted by atomic mass is 19.1. The molecular formula is C20H29FN2O. The Morgan fingerprint density at radius 3 is 2.50 bits per heavy atom. The van der Waals surface area contributed by atoms with Crippen molar-refractivity contribution in [2.75, 3.05) is 19.6 Å². The number of carbonyl (C=O) groups is 1. The number of amides is 1. The zero-order chi connectivity index (χ0) is 17.3. The van der Waals surface area contributed by atoms with Crippen molar-refractivity contribution in [2.45, 2.75) is 52.6 Å². The van der Waals surface area contributed by atoms with Crippen molar-refractivity contribution in [2.24, 2.45) is 11.3 Å². The van der Waals surface area contributed by atoms with Crippen LogP contribution in [0, 0.1) is 17.2 Å². The van der Waals surface area contributed by atoms with Crippen molar-refractivity contribution in [3.05, 3.63) is 35.6 Å². The highest BCUT2D eigenvalue weighted by Crippen LogP contribution is 2.46. The summed E-state index contributed by atoms with van der Waals surface area (Å²) in [5, 5.41) is 0. The van der Waals surface area contributed by atoms with Crippen LogP contribution < -0.4 is 0 Å². The van der Waals surface area contributed by atoms with Gasteiger partial charge in [0.25, 0.3) is 0 Å². The minimum absolute atomic E-state index is 0.0896. The standard InChI is InChI=1S/C20H29FN2O/c1-15(2)18-14-23(19(24)20(3)9-10-20)12-4-11-22(18)13-16-5-7-17(21)8-6-16/h5-8,15,18H,4,9-14H2,1-3H3. The summed E-state index contributed by atoms with van der Waals surface area (Å²) in [4.78, 5) is 17.3. The van der Waals surface area contributed by atoms with Crippen molar-refractivity contribution in [3.63, 3.8) is 0 Å². The fourth-order valence-electron chi connectivity index (χ4n) is 3.68. The molecule has 1 amide bonds. The van der Waals surface area contributed by atoms with E-state index in [-0.39, 0.29) is 11.2 Å². The molecule has 1 saturated carbocycles. The van der Waals surface area contributed by atoms with Crippen molar-refractivity contribution >= 4 is 5.91 Å². The van der Waals surface area contributed by atoms with Gasteiger partial charge in [0.05, 0.1) is 0 Å². The lowest BCUT2D eigenvalue weighted by Crippen LogP contribution is -2.46.